The Morgan fingerprint density at radius 2 is 0.580 bits per heavy atom. The predicted octanol–water partition coefficient (Wildman–Crippen LogP) is 19.6. The van der Waals surface area contributed by atoms with Crippen LogP contribution in [0.4, 0.5) is 0 Å². The fourth-order valence-corrected chi connectivity index (χ4v) is 12.0. The van der Waals surface area contributed by atoms with Crippen LogP contribution < -0.4 is 0 Å². The van der Waals surface area contributed by atoms with Crippen LogP contribution >= 0.6 is 15.6 Å². The maximum absolute atomic E-state index is 13.0. The van der Waals surface area contributed by atoms with Gasteiger partial charge in [-0.15, -0.1) is 0 Å². The van der Waals surface area contributed by atoms with E-state index in [2.05, 4.69) is 41.5 Å². The highest BCUT2D eigenvalue weighted by Gasteiger charge is 2.30. The number of carbonyl (C=O) groups is 4. The van der Waals surface area contributed by atoms with Crippen molar-refractivity contribution in [3.63, 3.8) is 0 Å². The van der Waals surface area contributed by atoms with Gasteiger partial charge in [0.05, 0.1) is 26.4 Å². The molecule has 0 aromatic rings. The van der Waals surface area contributed by atoms with E-state index in [0.717, 1.165) is 108 Å². The quantitative estimate of drug-likeness (QED) is 0.0222. The van der Waals surface area contributed by atoms with Crippen LogP contribution in [0.3, 0.4) is 0 Å². The zero-order valence-corrected chi connectivity index (χ0v) is 58.8. The van der Waals surface area contributed by atoms with Gasteiger partial charge in [0.15, 0.2) is 12.2 Å². The molecular weight excluding hydrogens is 1160 g/mol. The maximum Gasteiger partial charge on any atom is 0.472 e. The second kappa shape index (κ2) is 61.3. The molecule has 0 amide bonds. The number of esters is 4. The molecule has 0 aromatic carbocycles. The van der Waals surface area contributed by atoms with E-state index in [9.17, 15) is 43.2 Å². The summed E-state index contributed by atoms with van der Waals surface area (Å²) in [5.41, 5.74) is 0. The zero-order valence-electron chi connectivity index (χ0n) is 57.0. The summed E-state index contributed by atoms with van der Waals surface area (Å²) in [6.07, 6.45) is 46.1. The third-order valence-electron chi connectivity index (χ3n) is 16.3. The highest BCUT2D eigenvalue weighted by Crippen LogP contribution is 2.45. The van der Waals surface area contributed by atoms with Gasteiger partial charge >= 0.3 is 39.5 Å². The van der Waals surface area contributed by atoms with E-state index in [1.165, 1.54) is 161 Å². The number of hydrogen-bond acceptors (Lipinski definition) is 15. The number of carbonyl (C=O) groups excluding carboxylic acids is 4. The van der Waals surface area contributed by atoms with Gasteiger partial charge in [0.1, 0.15) is 19.3 Å². The number of aliphatic hydroxyl groups is 1. The molecule has 88 heavy (non-hydrogen) atoms. The Labute approximate surface area is 537 Å². The largest absolute Gasteiger partial charge is 0.472 e. The highest BCUT2D eigenvalue weighted by atomic mass is 31.2. The fourth-order valence-electron chi connectivity index (χ4n) is 10.4. The van der Waals surface area contributed by atoms with Crippen LogP contribution in [-0.4, -0.2) is 96.7 Å². The van der Waals surface area contributed by atoms with Crippen molar-refractivity contribution in [2.45, 2.75) is 368 Å². The number of phosphoric acid groups is 2. The van der Waals surface area contributed by atoms with Crippen molar-refractivity contribution >= 4 is 39.5 Å². The first-order valence-electron chi connectivity index (χ1n) is 36.0. The Morgan fingerprint density at radius 1 is 0.330 bits per heavy atom. The lowest BCUT2D eigenvalue weighted by Crippen LogP contribution is -2.30. The van der Waals surface area contributed by atoms with Crippen molar-refractivity contribution in [3.8, 4) is 0 Å². The Hall–Kier alpha value is -1.94. The van der Waals surface area contributed by atoms with Crippen molar-refractivity contribution < 1.29 is 80.2 Å². The third kappa shape index (κ3) is 61.6. The van der Waals surface area contributed by atoms with Gasteiger partial charge in [-0.25, -0.2) is 9.13 Å². The zero-order chi connectivity index (χ0) is 65.0. The summed E-state index contributed by atoms with van der Waals surface area (Å²) in [7, 11) is -9.89. The summed E-state index contributed by atoms with van der Waals surface area (Å²) in [6, 6.07) is 0. The molecule has 0 heterocycles. The molecule has 0 spiro atoms. The van der Waals surface area contributed by atoms with Crippen LogP contribution in [-0.2, 0) is 65.4 Å². The minimum Gasteiger partial charge on any atom is -0.462 e. The van der Waals surface area contributed by atoms with Crippen molar-refractivity contribution in [3.05, 3.63) is 0 Å². The van der Waals surface area contributed by atoms with Crippen molar-refractivity contribution in [2.75, 3.05) is 39.6 Å². The Bertz CT molecular complexity index is 1720. The summed E-state index contributed by atoms with van der Waals surface area (Å²) >= 11 is 0. The molecule has 0 fully saturated rings. The summed E-state index contributed by atoms with van der Waals surface area (Å²) in [6.45, 7) is 9.43. The second-order valence-corrected chi connectivity index (χ2v) is 28.5. The molecule has 0 saturated heterocycles. The van der Waals surface area contributed by atoms with Gasteiger partial charge in [-0.2, -0.15) is 0 Å². The Morgan fingerprint density at radius 3 is 0.864 bits per heavy atom. The standard InChI is InChI=1S/C69H134O17P2/c1-7-10-12-14-16-18-19-20-21-22-23-24-25-26-27-28-34-41-47-53-68(73)85-64(57-80-67(72)52-46-40-33-30-29-31-37-43-49-61(4)5)59-83-87(75,76)81-55-63(70)56-82-88(77,78)84-60-65(58-79-66(71)51-45-39-32-17-15-13-11-8-2)86-69(74)54-48-42-36-35-38-44-50-62(6)9-3/h61-65,70H,7-60H2,1-6H3,(H,75,76)(H,77,78)/t62?,63-,64-,65-/m1/s1. The number of ether oxygens (including phenoxy) is 4. The van der Waals surface area contributed by atoms with Crippen molar-refractivity contribution in [2.24, 2.45) is 11.8 Å². The molecule has 17 nitrogen and oxygen atoms in total. The van der Waals surface area contributed by atoms with Gasteiger partial charge in [-0.1, -0.05) is 298 Å². The molecule has 0 radical (unpaired) electrons. The molecule has 0 rings (SSSR count). The van der Waals surface area contributed by atoms with Gasteiger partial charge in [-0.05, 0) is 37.5 Å². The molecular formula is C69H134O17P2. The second-order valence-electron chi connectivity index (χ2n) is 25.6. The molecule has 6 atom stereocenters. The monoisotopic (exact) mass is 1300 g/mol. The van der Waals surface area contributed by atoms with Crippen LogP contribution in [0.2, 0.25) is 0 Å². The smallest absolute Gasteiger partial charge is 0.462 e. The summed E-state index contributed by atoms with van der Waals surface area (Å²) in [5, 5.41) is 10.6. The number of aliphatic hydroxyl groups excluding tert-OH is 1. The van der Waals surface area contributed by atoms with Crippen LogP contribution in [0, 0.1) is 11.8 Å². The Balaban J connectivity index is 5.18. The fraction of sp³-hybridized carbons (Fsp3) is 0.942. The maximum atomic E-state index is 13.0. The van der Waals surface area contributed by atoms with E-state index >= 15 is 0 Å². The molecule has 0 bridgehead atoms. The SMILES string of the molecule is CCCCCCCCCCCCCCCCCCCCCC(=O)O[C@H](COC(=O)CCCCCCCCCCC(C)C)COP(=O)(O)OC[C@@H](O)COP(=O)(O)OC[C@@H](COC(=O)CCCCCCCCCC)OC(=O)CCCCCCCCC(C)CC. The highest BCUT2D eigenvalue weighted by molar-refractivity contribution is 7.47. The van der Waals surface area contributed by atoms with Crippen molar-refractivity contribution in [1.82, 2.24) is 0 Å². The van der Waals surface area contributed by atoms with Gasteiger partial charge in [0.25, 0.3) is 0 Å². The topological polar surface area (TPSA) is 237 Å². The lowest BCUT2D eigenvalue weighted by Gasteiger charge is -2.21. The molecule has 19 heteroatoms. The molecule has 0 saturated carbocycles. The first-order chi connectivity index (χ1) is 42.4. The predicted molar refractivity (Wildman–Crippen MR) is 354 cm³/mol. The molecule has 0 aliphatic heterocycles. The third-order valence-corrected chi connectivity index (χ3v) is 18.2. The molecule has 0 aliphatic carbocycles. The van der Waals surface area contributed by atoms with Crippen LogP contribution in [0.5, 0.6) is 0 Å². The summed E-state index contributed by atoms with van der Waals surface area (Å²) in [4.78, 5) is 72.3. The van der Waals surface area contributed by atoms with E-state index < -0.39 is 97.5 Å². The lowest BCUT2D eigenvalue weighted by molar-refractivity contribution is -0.161. The molecule has 3 unspecified atom stereocenters. The van der Waals surface area contributed by atoms with Gasteiger partial charge < -0.3 is 33.8 Å². The van der Waals surface area contributed by atoms with Gasteiger partial charge in [0.2, 0.25) is 0 Å². The molecule has 0 aromatic heterocycles. The minimum atomic E-state index is -4.95. The minimum absolute atomic E-state index is 0.103. The van der Waals surface area contributed by atoms with E-state index in [4.69, 9.17) is 37.0 Å². The van der Waals surface area contributed by atoms with Gasteiger partial charge in [-0.3, -0.25) is 37.3 Å². The molecule has 0 aliphatic rings. The molecule has 3 N–H and O–H groups in total. The van der Waals surface area contributed by atoms with Crippen molar-refractivity contribution in [1.29, 1.82) is 0 Å². The Kier molecular flexibility index (Phi) is 59.9. The average Bonchev–Trinajstić information content (AvgIpc) is 3.69. The number of unbranched alkanes of at least 4 members (excludes halogenated alkanes) is 37. The molecule has 522 valence electrons. The number of phosphoric ester groups is 2. The van der Waals surface area contributed by atoms with Gasteiger partial charge in [0, 0.05) is 25.7 Å². The first-order valence-corrected chi connectivity index (χ1v) is 39.0. The lowest BCUT2D eigenvalue weighted by atomic mass is 10.00. The van der Waals surface area contributed by atoms with Crippen LogP contribution in [0.1, 0.15) is 350 Å². The normalized spacial score (nSPS) is 14.5. The summed E-state index contributed by atoms with van der Waals surface area (Å²) in [5.74, 6) is -0.686. The number of hydrogen-bond donors (Lipinski definition) is 3. The van der Waals surface area contributed by atoms with Crippen LogP contribution in [0.15, 0.2) is 0 Å². The average molecular weight is 1300 g/mol. The van der Waals surface area contributed by atoms with E-state index in [1.54, 1.807) is 0 Å². The van der Waals surface area contributed by atoms with E-state index in [-0.39, 0.29) is 25.7 Å². The first kappa shape index (κ1) is 86.1. The summed E-state index contributed by atoms with van der Waals surface area (Å²) < 4.78 is 68.1. The van der Waals surface area contributed by atoms with E-state index in [0.29, 0.717) is 25.7 Å². The van der Waals surface area contributed by atoms with Crippen LogP contribution in [0.25, 0.3) is 0 Å². The number of rotatable bonds is 68. The van der Waals surface area contributed by atoms with E-state index in [1.807, 2.05) is 0 Å².